The van der Waals surface area contributed by atoms with Crippen LogP contribution in [0.3, 0.4) is 0 Å². The molecule has 7 heteroatoms. The molecule has 110 valence electrons. The number of hydrogen-bond donors (Lipinski definition) is 3. The zero-order valence-corrected chi connectivity index (χ0v) is 12.5. The summed E-state index contributed by atoms with van der Waals surface area (Å²) in [6, 6.07) is 1.44. The zero-order chi connectivity index (χ0) is 14.3. The molecule has 0 amide bonds. The third-order valence-electron chi connectivity index (χ3n) is 2.72. The van der Waals surface area contributed by atoms with Gasteiger partial charge in [0.15, 0.2) is 0 Å². The van der Waals surface area contributed by atoms with E-state index >= 15 is 0 Å². The summed E-state index contributed by atoms with van der Waals surface area (Å²) < 4.78 is 32.1. The van der Waals surface area contributed by atoms with Gasteiger partial charge < -0.3 is 15.0 Å². The summed E-state index contributed by atoms with van der Waals surface area (Å²) in [6.07, 6.45) is 3.15. The zero-order valence-electron chi connectivity index (χ0n) is 11.7. The van der Waals surface area contributed by atoms with Gasteiger partial charge in [0.05, 0.1) is 11.5 Å². The van der Waals surface area contributed by atoms with Crippen LogP contribution in [-0.4, -0.2) is 40.2 Å². The predicted molar refractivity (Wildman–Crippen MR) is 74.4 cm³/mol. The van der Waals surface area contributed by atoms with Gasteiger partial charge in [-0.1, -0.05) is 13.3 Å². The van der Waals surface area contributed by atoms with E-state index in [-0.39, 0.29) is 10.9 Å². The molecule has 0 aliphatic heterocycles. The number of sulfonamides is 1. The Morgan fingerprint density at radius 1 is 1.47 bits per heavy atom. The van der Waals surface area contributed by atoms with Gasteiger partial charge in [-0.2, -0.15) is 0 Å². The number of rotatable bonds is 9. The Kier molecular flexibility index (Phi) is 6.50. The van der Waals surface area contributed by atoms with E-state index in [1.54, 1.807) is 13.2 Å². The summed E-state index contributed by atoms with van der Waals surface area (Å²) in [5, 5.41) is 2.96. The molecule has 0 radical (unpaired) electrons. The second kappa shape index (κ2) is 7.64. The van der Waals surface area contributed by atoms with Gasteiger partial charge in [-0.15, -0.1) is 0 Å². The summed E-state index contributed by atoms with van der Waals surface area (Å²) in [6.45, 7) is 2.99. The van der Waals surface area contributed by atoms with Crippen molar-refractivity contribution in [1.29, 1.82) is 0 Å². The normalized spacial score (nSPS) is 13.6. The average molecular weight is 289 g/mol. The van der Waals surface area contributed by atoms with Crippen molar-refractivity contribution in [2.24, 2.45) is 0 Å². The van der Waals surface area contributed by atoms with E-state index in [0.717, 1.165) is 18.5 Å². The number of aromatic amines is 1. The molecule has 1 aromatic heterocycles. The molecule has 19 heavy (non-hydrogen) atoms. The molecule has 6 nitrogen and oxygen atoms in total. The average Bonchev–Trinajstić information content (AvgIpc) is 2.79. The Morgan fingerprint density at radius 2 is 2.21 bits per heavy atom. The highest BCUT2D eigenvalue weighted by molar-refractivity contribution is 7.89. The van der Waals surface area contributed by atoms with Crippen LogP contribution in [0.4, 0.5) is 0 Å². The lowest BCUT2D eigenvalue weighted by molar-refractivity contribution is 0.171. The first-order valence-electron chi connectivity index (χ1n) is 6.36. The van der Waals surface area contributed by atoms with Gasteiger partial charge in [0.1, 0.15) is 0 Å². The van der Waals surface area contributed by atoms with Crippen molar-refractivity contribution in [2.75, 3.05) is 20.8 Å². The first-order valence-corrected chi connectivity index (χ1v) is 7.85. The SMILES string of the molecule is CCCC(COC)NS(=O)(=O)c1c[nH]c(CNC)c1. The van der Waals surface area contributed by atoms with Crippen LogP contribution in [0.25, 0.3) is 0 Å². The fourth-order valence-electron chi connectivity index (χ4n) is 1.88. The number of hydrogen-bond acceptors (Lipinski definition) is 4. The van der Waals surface area contributed by atoms with E-state index in [2.05, 4.69) is 15.0 Å². The molecule has 0 aromatic carbocycles. The fourth-order valence-corrected chi connectivity index (χ4v) is 3.15. The van der Waals surface area contributed by atoms with Crippen molar-refractivity contribution in [3.63, 3.8) is 0 Å². The minimum atomic E-state index is -3.49. The van der Waals surface area contributed by atoms with Gasteiger partial charge in [0, 0.05) is 31.6 Å². The van der Waals surface area contributed by atoms with Crippen molar-refractivity contribution in [1.82, 2.24) is 15.0 Å². The first-order chi connectivity index (χ1) is 9.03. The smallest absolute Gasteiger partial charge is 0.242 e. The van der Waals surface area contributed by atoms with E-state index in [9.17, 15) is 8.42 Å². The quantitative estimate of drug-likeness (QED) is 0.629. The molecule has 1 heterocycles. The number of ether oxygens (including phenoxy) is 1. The lowest BCUT2D eigenvalue weighted by Gasteiger charge is -2.16. The monoisotopic (exact) mass is 289 g/mol. The summed E-state index contributed by atoms with van der Waals surface area (Å²) in [4.78, 5) is 3.20. The highest BCUT2D eigenvalue weighted by Gasteiger charge is 2.20. The number of nitrogens with one attached hydrogen (secondary N) is 3. The van der Waals surface area contributed by atoms with Gasteiger partial charge in [-0.25, -0.2) is 13.1 Å². The van der Waals surface area contributed by atoms with Crippen molar-refractivity contribution >= 4 is 10.0 Å². The third kappa shape index (κ3) is 4.94. The largest absolute Gasteiger partial charge is 0.383 e. The Bertz CT molecular complexity index is 464. The maximum absolute atomic E-state index is 12.2. The molecule has 0 aliphatic rings. The lowest BCUT2D eigenvalue weighted by Crippen LogP contribution is -2.37. The van der Waals surface area contributed by atoms with Crippen molar-refractivity contribution in [2.45, 2.75) is 37.2 Å². The molecular weight excluding hydrogens is 266 g/mol. The van der Waals surface area contributed by atoms with Crippen LogP contribution in [0.5, 0.6) is 0 Å². The van der Waals surface area contributed by atoms with Crippen LogP contribution in [0.2, 0.25) is 0 Å². The second-order valence-electron chi connectivity index (χ2n) is 4.45. The standard InChI is InChI=1S/C12H23N3O3S/c1-4-5-10(9-18-3)15-19(16,17)12-6-11(7-13-2)14-8-12/h6,8,10,13-15H,4-5,7,9H2,1-3H3. The van der Waals surface area contributed by atoms with Gasteiger partial charge in [-0.3, -0.25) is 0 Å². The predicted octanol–water partition coefficient (Wildman–Crippen LogP) is 0.828. The van der Waals surface area contributed by atoms with Crippen molar-refractivity contribution < 1.29 is 13.2 Å². The van der Waals surface area contributed by atoms with Crippen LogP contribution in [0, 0.1) is 0 Å². The molecule has 0 saturated heterocycles. The Balaban J connectivity index is 2.77. The molecule has 3 N–H and O–H groups in total. The van der Waals surface area contributed by atoms with E-state index < -0.39 is 10.0 Å². The minimum Gasteiger partial charge on any atom is -0.383 e. The molecule has 0 saturated carbocycles. The van der Waals surface area contributed by atoms with Crippen LogP contribution < -0.4 is 10.0 Å². The van der Waals surface area contributed by atoms with Crippen LogP contribution in [-0.2, 0) is 21.3 Å². The maximum Gasteiger partial charge on any atom is 0.242 e. The van der Waals surface area contributed by atoms with E-state index in [1.807, 2.05) is 14.0 Å². The molecule has 0 aliphatic carbocycles. The summed E-state index contributed by atoms with van der Waals surface area (Å²) in [7, 11) is -0.114. The van der Waals surface area contributed by atoms with Crippen molar-refractivity contribution in [3.05, 3.63) is 18.0 Å². The van der Waals surface area contributed by atoms with E-state index in [1.165, 1.54) is 6.20 Å². The third-order valence-corrected chi connectivity index (χ3v) is 4.22. The summed E-state index contributed by atoms with van der Waals surface area (Å²) in [5.74, 6) is 0. The minimum absolute atomic E-state index is 0.192. The van der Waals surface area contributed by atoms with Gasteiger partial charge in [0.25, 0.3) is 0 Å². The van der Waals surface area contributed by atoms with Crippen LogP contribution in [0.1, 0.15) is 25.5 Å². The van der Waals surface area contributed by atoms with Gasteiger partial charge in [-0.05, 0) is 19.5 Å². The lowest BCUT2D eigenvalue weighted by atomic mass is 10.2. The highest BCUT2D eigenvalue weighted by Crippen LogP contribution is 2.12. The Labute approximate surface area is 115 Å². The van der Waals surface area contributed by atoms with Gasteiger partial charge >= 0.3 is 0 Å². The number of methoxy groups -OCH3 is 1. The highest BCUT2D eigenvalue weighted by atomic mass is 32.2. The number of H-pyrrole nitrogens is 1. The molecule has 0 bridgehead atoms. The number of aromatic nitrogens is 1. The van der Waals surface area contributed by atoms with E-state index in [4.69, 9.17) is 4.74 Å². The molecule has 1 atom stereocenters. The molecule has 1 aromatic rings. The molecule has 1 unspecified atom stereocenters. The molecule has 0 fully saturated rings. The summed E-state index contributed by atoms with van der Waals surface area (Å²) >= 11 is 0. The molecule has 0 spiro atoms. The van der Waals surface area contributed by atoms with Crippen LogP contribution in [0.15, 0.2) is 17.2 Å². The van der Waals surface area contributed by atoms with Gasteiger partial charge in [0.2, 0.25) is 10.0 Å². The Hall–Kier alpha value is -0.890. The maximum atomic E-state index is 12.2. The fraction of sp³-hybridized carbons (Fsp3) is 0.667. The molecular formula is C12H23N3O3S. The second-order valence-corrected chi connectivity index (χ2v) is 6.17. The van der Waals surface area contributed by atoms with Crippen LogP contribution >= 0.6 is 0 Å². The molecule has 1 rings (SSSR count). The topological polar surface area (TPSA) is 83.2 Å². The van der Waals surface area contributed by atoms with Crippen molar-refractivity contribution in [3.8, 4) is 0 Å². The summed E-state index contributed by atoms with van der Waals surface area (Å²) in [5.41, 5.74) is 0.835. The van der Waals surface area contributed by atoms with E-state index in [0.29, 0.717) is 13.2 Å². The first kappa shape index (κ1) is 16.2. The Morgan fingerprint density at radius 3 is 2.79 bits per heavy atom.